The number of nitrogens with one attached hydrogen (secondary N) is 1. The molecule has 0 unspecified atom stereocenters. The fourth-order valence-corrected chi connectivity index (χ4v) is 4.67. The van der Waals surface area contributed by atoms with E-state index in [0.29, 0.717) is 10.7 Å². The molecule has 31 heavy (non-hydrogen) atoms. The summed E-state index contributed by atoms with van der Waals surface area (Å²) >= 11 is 6.16. The van der Waals surface area contributed by atoms with Crippen LogP contribution >= 0.6 is 11.6 Å². The molecule has 164 valence electrons. The van der Waals surface area contributed by atoms with Gasteiger partial charge in [-0.3, -0.25) is 9.10 Å². The zero-order valence-corrected chi connectivity index (χ0v) is 19.2. The first-order valence-corrected chi connectivity index (χ1v) is 12.0. The molecule has 0 aliphatic carbocycles. The summed E-state index contributed by atoms with van der Waals surface area (Å²) in [7, 11) is -3.71. The molecule has 3 aromatic rings. The minimum Gasteiger partial charge on any atom is -0.491 e. The highest BCUT2D eigenvalue weighted by Crippen LogP contribution is 2.27. The van der Waals surface area contributed by atoms with Crippen LogP contribution in [0.5, 0.6) is 5.75 Å². The van der Waals surface area contributed by atoms with Crippen LogP contribution in [0, 0.1) is 6.92 Å². The molecule has 0 bridgehead atoms. The molecule has 3 aromatic carbocycles. The number of hydrogen-bond donors (Lipinski definition) is 1. The molecule has 0 aromatic heterocycles. The largest absolute Gasteiger partial charge is 0.491 e. The average Bonchev–Trinajstić information content (AvgIpc) is 2.72. The van der Waals surface area contributed by atoms with Crippen LogP contribution in [0.4, 0.5) is 5.69 Å². The van der Waals surface area contributed by atoms with E-state index in [4.69, 9.17) is 16.3 Å². The summed E-state index contributed by atoms with van der Waals surface area (Å²) in [6.45, 7) is 3.85. The van der Waals surface area contributed by atoms with Gasteiger partial charge >= 0.3 is 0 Å². The lowest BCUT2D eigenvalue weighted by Crippen LogP contribution is -2.48. The van der Waals surface area contributed by atoms with Crippen molar-refractivity contribution in [1.82, 2.24) is 5.32 Å². The van der Waals surface area contributed by atoms with Gasteiger partial charge in [-0.15, -0.1) is 0 Å². The second-order valence-electron chi connectivity index (χ2n) is 7.29. The molecular formula is C23H25ClN2O4S. The summed E-state index contributed by atoms with van der Waals surface area (Å²) in [6.07, 6.45) is 1.06. The van der Waals surface area contributed by atoms with E-state index in [1.807, 2.05) is 49.4 Å². The molecule has 0 saturated heterocycles. The van der Waals surface area contributed by atoms with Crippen molar-refractivity contribution in [2.45, 2.75) is 19.9 Å². The predicted octanol–water partition coefficient (Wildman–Crippen LogP) is 4.15. The van der Waals surface area contributed by atoms with Crippen LogP contribution in [0.1, 0.15) is 12.5 Å². The smallest absolute Gasteiger partial charge is 0.243 e. The number of sulfonamides is 1. The molecular weight excluding hydrogens is 436 g/mol. The number of anilines is 1. The Balaban J connectivity index is 1.65. The molecule has 0 aliphatic heterocycles. The van der Waals surface area contributed by atoms with E-state index in [2.05, 4.69) is 5.32 Å². The molecule has 0 aliphatic rings. The number of rotatable bonds is 8. The van der Waals surface area contributed by atoms with E-state index in [0.717, 1.165) is 32.6 Å². The van der Waals surface area contributed by atoms with Crippen molar-refractivity contribution in [2.24, 2.45) is 0 Å². The normalized spacial score (nSPS) is 12.4. The van der Waals surface area contributed by atoms with Crippen molar-refractivity contribution in [1.29, 1.82) is 0 Å². The Kier molecular flexibility index (Phi) is 7.08. The van der Waals surface area contributed by atoms with E-state index in [1.54, 1.807) is 18.2 Å². The monoisotopic (exact) mass is 460 g/mol. The van der Waals surface area contributed by atoms with Crippen molar-refractivity contribution in [3.05, 3.63) is 71.2 Å². The van der Waals surface area contributed by atoms with Crippen LogP contribution in [0.2, 0.25) is 5.02 Å². The van der Waals surface area contributed by atoms with Gasteiger partial charge in [0.15, 0.2) is 0 Å². The quantitative estimate of drug-likeness (QED) is 0.512. The van der Waals surface area contributed by atoms with Crippen LogP contribution in [0.25, 0.3) is 10.8 Å². The number of carbonyl (C=O) groups is 1. The van der Waals surface area contributed by atoms with Gasteiger partial charge in [-0.25, -0.2) is 8.42 Å². The fraction of sp³-hybridized carbons (Fsp3) is 0.261. The van der Waals surface area contributed by atoms with Gasteiger partial charge in [0.1, 0.15) is 18.4 Å². The lowest BCUT2D eigenvalue weighted by molar-refractivity contribution is -0.121. The SMILES string of the molecule is Cc1ccc(N([C@@H](C)C(=O)NCCOc2cccc3ccccc23)S(C)(=O)=O)cc1Cl. The minimum atomic E-state index is -3.71. The summed E-state index contributed by atoms with van der Waals surface area (Å²) in [5, 5.41) is 5.24. The Morgan fingerprint density at radius 1 is 1.13 bits per heavy atom. The number of hydrogen-bond acceptors (Lipinski definition) is 4. The van der Waals surface area contributed by atoms with Crippen LogP contribution in [-0.4, -0.2) is 39.8 Å². The van der Waals surface area contributed by atoms with Gasteiger partial charge in [0.2, 0.25) is 15.9 Å². The van der Waals surface area contributed by atoms with Gasteiger partial charge in [-0.05, 0) is 43.0 Å². The van der Waals surface area contributed by atoms with E-state index in [1.165, 1.54) is 6.92 Å². The molecule has 1 amide bonds. The van der Waals surface area contributed by atoms with Crippen LogP contribution < -0.4 is 14.4 Å². The first kappa shape index (κ1) is 22.9. The van der Waals surface area contributed by atoms with E-state index >= 15 is 0 Å². The Hall–Kier alpha value is -2.77. The Morgan fingerprint density at radius 2 is 1.84 bits per heavy atom. The molecule has 8 heteroatoms. The second kappa shape index (κ2) is 9.58. The number of nitrogens with zero attached hydrogens (tertiary/aromatic N) is 1. The number of fused-ring (bicyclic) bond motifs is 1. The molecule has 6 nitrogen and oxygen atoms in total. The van der Waals surface area contributed by atoms with Crippen molar-refractivity contribution in [3.63, 3.8) is 0 Å². The number of ether oxygens (including phenoxy) is 1. The lowest BCUT2D eigenvalue weighted by atomic mass is 10.1. The van der Waals surface area contributed by atoms with Gasteiger partial charge in [0.25, 0.3) is 0 Å². The Labute approximate surface area is 187 Å². The van der Waals surface area contributed by atoms with E-state index < -0.39 is 22.0 Å². The first-order chi connectivity index (χ1) is 14.7. The summed E-state index contributed by atoms with van der Waals surface area (Å²) in [5.74, 6) is 0.302. The molecule has 3 rings (SSSR count). The van der Waals surface area contributed by atoms with Gasteiger partial charge in [0.05, 0.1) is 18.5 Å². The number of aryl methyl sites for hydroxylation is 1. The van der Waals surface area contributed by atoms with Crippen LogP contribution in [0.3, 0.4) is 0 Å². The third kappa shape index (κ3) is 5.48. The highest BCUT2D eigenvalue weighted by atomic mass is 35.5. The average molecular weight is 461 g/mol. The number of halogens is 1. The van der Waals surface area contributed by atoms with Crippen LogP contribution in [0.15, 0.2) is 60.7 Å². The third-order valence-electron chi connectivity index (χ3n) is 4.91. The molecule has 0 spiro atoms. The molecule has 0 saturated carbocycles. The van der Waals surface area contributed by atoms with Gasteiger partial charge in [-0.2, -0.15) is 0 Å². The van der Waals surface area contributed by atoms with Crippen molar-refractivity contribution < 1.29 is 17.9 Å². The standard InChI is InChI=1S/C23H25ClN2O4S/c1-16-11-12-19(15-21(16)24)26(31(3,28)29)17(2)23(27)25-13-14-30-22-10-6-8-18-7-4-5-9-20(18)22/h4-12,15,17H,13-14H2,1-3H3,(H,25,27)/t17-/m0/s1. The van der Waals surface area contributed by atoms with Crippen LogP contribution in [-0.2, 0) is 14.8 Å². The Morgan fingerprint density at radius 3 is 2.55 bits per heavy atom. The summed E-state index contributed by atoms with van der Waals surface area (Å²) in [6, 6.07) is 17.6. The number of benzene rings is 3. The zero-order valence-electron chi connectivity index (χ0n) is 17.6. The molecule has 0 fully saturated rings. The maximum absolute atomic E-state index is 12.7. The number of carbonyl (C=O) groups excluding carboxylic acids is 1. The van der Waals surface area contributed by atoms with Crippen molar-refractivity contribution in [3.8, 4) is 5.75 Å². The molecule has 1 atom stereocenters. The zero-order chi connectivity index (χ0) is 22.6. The predicted molar refractivity (Wildman–Crippen MR) is 125 cm³/mol. The highest BCUT2D eigenvalue weighted by molar-refractivity contribution is 7.92. The topological polar surface area (TPSA) is 75.7 Å². The maximum Gasteiger partial charge on any atom is 0.243 e. The summed E-state index contributed by atoms with van der Waals surface area (Å²) in [4.78, 5) is 12.7. The minimum absolute atomic E-state index is 0.235. The molecule has 0 heterocycles. The fourth-order valence-electron chi connectivity index (χ4n) is 3.33. The van der Waals surface area contributed by atoms with Crippen molar-refractivity contribution in [2.75, 3.05) is 23.7 Å². The Bertz CT molecular complexity index is 1190. The van der Waals surface area contributed by atoms with E-state index in [-0.39, 0.29) is 13.2 Å². The van der Waals surface area contributed by atoms with Gasteiger partial charge in [-0.1, -0.05) is 54.1 Å². The van der Waals surface area contributed by atoms with Gasteiger partial charge < -0.3 is 10.1 Å². The summed E-state index contributed by atoms with van der Waals surface area (Å²) < 4.78 is 31.7. The third-order valence-corrected chi connectivity index (χ3v) is 6.56. The maximum atomic E-state index is 12.7. The summed E-state index contributed by atoms with van der Waals surface area (Å²) in [5.41, 5.74) is 1.16. The number of amides is 1. The van der Waals surface area contributed by atoms with Gasteiger partial charge in [0, 0.05) is 10.4 Å². The highest BCUT2D eigenvalue weighted by Gasteiger charge is 2.29. The second-order valence-corrected chi connectivity index (χ2v) is 9.55. The molecule has 1 N–H and O–H groups in total. The van der Waals surface area contributed by atoms with Crippen molar-refractivity contribution >= 4 is 44.0 Å². The molecule has 0 radical (unpaired) electrons. The first-order valence-electron chi connectivity index (χ1n) is 9.82. The lowest BCUT2D eigenvalue weighted by Gasteiger charge is -2.28. The van der Waals surface area contributed by atoms with E-state index in [9.17, 15) is 13.2 Å².